The van der Waals surface area contributed by atoms with Crippen LogP contribution in [0.2, 0.25) is 0 Å². The van der Waals surface area contributed by atoms with E-state index in [2.05, 4.69) is 15.2 Å². The first kappa shape index (κ1) is 17.1. The summed E-state index contributed by atoms with van der Waals surface area (Å²) >= 11 is 0. The first-order valence-electron chi connectivity index (χ1n) is 9.07. The summed E-state index contributed by atoms with van der Waals surface area (Å²) < 4.78 is 0. The second-order valence-corrected chi connectivity index (χ2v) is 6.72. The van der Waals surface area contributed by atoms with Gasteiger partial charge in [-0.15, -0.1) is 0 Å². The maximum atomic E-state index is 12.9. The summed E-state index contributed by atoms with van der Waals surface area (Å²) in [6, 6.07) is 14.7. The number of ketones is 1. The molecule has 1 fully saturated rings. The number of hydrogen-bond donors (Lipinski definition) is 1. The van der Waals surface area contributed by atoms with E-state index in [1.165, 1.54) is 0 Å². The molecule has 6 heteroatoms. The molecule has 27 heavy (non-hydrogen) atoms. The van der Waals surface area contributed by atoms with Gasteiger partial charge >= 0.3 is 0 Å². The van der Waals surface area contributed by atoms with Crippen molar-refractivity contribution >= 4 is 11.7 Å². The molecule has 1 amide bonds. The molecule has 1 N–H and O–H groups in total. The van der Waals surface area contributed by atoms with E-state index in [4.69, 9.17) is 0 Å². The minimum atomic E-state index is -0.160. The second kappa shape index (κ2) is 7.53. The molecule has 0 unspecified atom stereocenters. The zero-order chi connectivity index (χ0) is 18.6. The number of benzene rings is 1. The molecule has 0 bridgehead atoms. The molecular weight excluding hydrogens is 340 g/mol. The predicted octanol–water partition coefficient (Wildman–Crippen LogP) is 3.21. The van der Waals surface area contributed by atoms with E-state index in [0.717, 1.165) is 18.4 Å². The Bertz CT molecular complexity index is 937. The molecular formula is C21H20N4O2. The normalized spacial score (nSPS) is 16.9. The highest BCUT2D eigenvalue weighted by molar-refractivity contribution is 5.99. The van der Waals surface area contributed by atoms with Crippen LogP contribution in [0.3, 0.4) is 0 Å². The number of H-pyrrole nitrogens is 1. The quantitative estimate of drug-likeness (QED) is 0.725. The van der Waals surface area contributed by atoms with Gasteiger partial charge in [0.25, 0.3) is 5.91 Å². The van der Waals surface area contributed by atoms with Crippen molar-refractivity contribution in [3.63, 3.8) is 0 Å². The van der Waals surface area contributed by atoms with Crippen LogP contribution >= 0.6 is 0 Å². The van der Waals surface area contributed by atoms with Gasteiger partial charge in [-0.1, -0.05) is 30.3 Å². The van der Waals surface area contributed by atoms with Crippen molar-refractivity contribution in [2.24, 2.45) is 5.92 Å². The molecule has 1 aliphatic heterocycles. The minimum absolute atomic E-state index is 0.107. The smallest absolute Gasteiger partial charge is 0.271 e. The van der Waals surface area contributed by atoms with Gasteiger partial charge in [-0.3, -0.25) is 19.7 Å². The summed E-state index contributed by atoms with van der Waals surface area (Å²) in [4.78, 5) is 31.3. The molecule has 3 aromatic rings. The third kappa shape index (κ3) is 3.65. The number of hydrogen-bond acceptors (Lipinski definition) is 4. The topological polar surface area (TPSA) is 79.0 Å². The van der Waals surface area contributed by atoms with E-state index < -0.39 is 0 Å². The van der Waals surface area contributed by atoms with Gasteiger partial charge in [0, 0.05) is 42.5 Å². The van der Waals surface area contributed by atoms with E-state index >= 15 is 0 Å². The SMILES string of the molecule is O=C(c1ccccc1)[C@H]1CCCN(C(=O)c2cc(-c3ccncc3)n[nH]2)C1. The van der Waals surface area contributed by atoms with Crippen LogP contribution in [0.4, 0.5) is 0 Å². The van der Waals surface area contributed by atoms with Crippen molar-refractivity contribution < 1.29 is 9.59 Å². The molecule has 0 spiro atoms. The first-order chi connectivity index (χ1) is 13.2. The fraction of sp³-hybridized carbons (Fsp3) is 0.238. The van der Waals surface area contributed by atoms with E-state index in [1.807, 2.05) is 42.5 Å². The van der Waals surface area contributed by atoms with Crippen LogP contribution in [0.5, 0.6) is 0 Å². The van der Waals surface area contributed by atoms with Crippen LogP contribution in [0, 0.1) is 5.92 Å². The van der Waals surface area contributed by atoms with Crippen LogP contribution < -0.4 is 0 Å². The summed E-state index contributed by atoms with van der Waals surface area (Å²) in [7, 11) is 0. The molecule has 0 radical (unpaired) electrons. The highest BCUT2D eigenvalue weighted by atomic mass is 16.2. The van der Waals surface area contributed by atoms with Crippen LogP contribution in [0.25, 0.3) is 11.3 Å². The standard InChI is InChI=1S/C21H20N4O2/c26-20(16-5-2-1-3-6-16)17-7-4-12-25(14-17)21(27)19-13-18(23-24-19)15-8-10-22-11-9-15/h1-3,5-6,8-11,13,17H,4,7,12,14H2,(H,23,24)/t17-/m0/s1. The first-order valence-corrected chi connectivity index (χ1v) is 9.07. The van der Waals surface area contributed by atoms with Gasteiger partial charge in [0.1, 0.15) is 5.69 Å². The lowest BCUT2D eigenvalue weighted by Crippen LogP contribution is -2.42. The molecule has 0 saturated carbocycles. The molecule has 1 aliphatic rings. The largest absolute Gasteiger partial charge is 0.337 e. The molecule has 1 aromatic carbocycles. The average molecular weight is 360 g/mol. The predicted molar refractivity (Wildman–Crippen MR) is 101 cm³/mol. The summed E-state index contributed by atoms with van der Waals surface area (Å²) in [5.74, 6) is -0.170. The third-order valence-corrected chi connectivity index (χ3v) is 4.92. The number of nitrogens with one attached hydrogen (secondary N) is 1. The number of aromatic amines is 1. The Balaban J connectivity index is 1.48. The summed E-state index contributed by atoms with van der Waals surface area (Å²) in [6.07, 6.45) is 5.01. The highest BCUT2D eigenvalue weighted by Crippen LogP contribution is 2.23. The summed E-state index contributed by atoms with van der Waals surface area (Å²) in [6.45, 7) is 1.09. The van der Waals surface area contributed by atoms with Crippen molar-refractivity contribution in [1.82, 2.24) is 20.1 Å². The third-order valence-electron chi connectivity index (χ3n) is 4.92. The van der Waals surface area contributed by atoms with E-state index in [1.54, 1.807) is 23.4 Å². The maximum Gasteiger partial charge on any atom is 0.271 e. The Hall–Kier alpha value is -3.28. The van der Waals surface area contributed by atoms with Gasteiger partial charge in [-0.2, -0.15) is 5.10 Å². The zero-order valence-electron chi connectivity index (χ0n) is 14.8. The fourth-order valence-corrected chi connectivity index (χ4v) is 3.49. The number of carbonyl (C=O) groups is 2. The summed E-state index contributed by atoms with van der Waals surface area (Å²) in [5, 5.41) is 7.07. The number of amides is 1. The molecule has 4 rings (SSSR count). The minimum Gasteiger partial charge on any atom is -0.337 e. The van der Waals surface area contributed by atoms with Crippen LogP contribution in [0.1, 0.15) is 33.7 Å². The van der Waals surface area contributed by atoms with E-state index in [-0.39, 0.29) is 17.6 Å². The fourth-order valence-electron chi connectivity index (χ4n) is 3.49. The number of aromatic nitrogens is 3. The van der Waals surface area contributed by atoms with E-state index in [0.29, 0.717) is 30.0 Å². The number of piperidine rings is 1. The molecule has 0 aliphatic carbocycles. The number of nitrogens with zero attached hydrogens (tertiary/aromatic N) is 3. The van der Waals surface area contributed by atoms with Crippen LogP contribution in [-0.2, 0) is 0 Å². The van der Waals surface area contributed by atoms with E-state index in [9.17, 15) is 9.59 Å². The lowest BCUT2D eigenvalue weighted by molar-refractivity contribution is 0.0632. The Morgan fingerprint density at radius 1 is 1.07 bits per heavy atom. The maximum absolute atomic E-state index is 12.9. The molecule has 3 heterocycles. The van der Waals surface area contributed by atoms with Gasteiger partial charge in [0.2, 0.25) is 0 Å². The van der Waals surface area contributed by atoms with Crippen molar-refractivity contribution in [1.29, 1.82) is 0 Å². The Kier molecular flexibility index (Phi) is 4.78. The van der Waals surface area contributed by atoms with Crippen molar-refractivity contribution in [3.05, 3.63) is 72.2 Å². The van der Waals surface area contributed by atoms with Gasteiger partial charge in [-0.05, 0) is 31.0 Å². The molecule has 1 atom stereocenters. The number of carbonyl (C=O) groups excluding carboxylic acids is 2. The number of Topliss-reactive ketones (excluding diaryl/α,β-unsaturated/α-hetero) is 1. The molecule has 6 nitrogen and oxygen atoms in total. The van der Waals surface area contributed by atoms with Crippen molar-refractivity contribution in [3.8, 4) is 11.3 Å². The van der Waals surface area contributed by atoms with Gasteiger partial charge in [0.05, 0.1) is 5.69 Å². The Labute approximate surface area is 157 Å². The highest BCUT2D eigenvalue weighted by Gasteiger charge is 2.30. The zero-order valence-corrected chi connectivity index (χ0v) is 14.8. The van der Waals surface area contributed by atoms with Gasteiger partial charge in [0.15, 0.2) is 5.78 Å². The average Bonchev–Trinajstić information content (AvgIpc) is 3.24. The molecule has 2 aromatic heterocycles. The second-order valence-electron chi connectivity index (χ2n) is 6.72. The van der Waals surface area contributed by atoms with Crippen molar-refractivity contribution in [2.75, 3.05) is 13.1 Å². The number of rotatable bonds is 4. The van der Waals surface area contributed by atoms with Gasteiger partial charge < -0.3 is 4.90 Å². The number of likely N-dealkylation sites (tertiary alicyclic amines) is 1. The van der Waals surface area contributed by atoms with Crippen LogP contribution in [-0.4, -0.2) is 44.9 Å². The van der Waals surface area contributed by atoms with Gasteiger partial charge in [-0.25, -0.2) is 0 Å². The Morgan fingerprint density at radius 2 is 1.85 bits per heavy atom. The Morgan fingerprint density at radius 3 is 2.63 bits per heavy atom. The molecule has 1 saturated heterocycles. The number of pyridine rings is 1. The monoisotopic (exact) mass is 360 g/mol. The van der Waals surface area contributed by atoms with Crippen LogP contribution in [0.15, 0.2) is 60.9 Å². The molecule has 136 valence electrons. The summed E-state index contributed by atoms with van der Waals surface area (Å²) in [5.41, 5.74) is 2.75. The van der Waals surface area contributed by atoms with Crippen molar-refractivity contribution in [2.45, 2.75) is 12.8 Å². The lowest BCUT2D eigenvalue weighted by Gasteiger charge is -2.31. The lowest BCUT2D eigenvalue weighted by atomic mass is 9.90.